The highest BCUT2D eigenvalue weighted by Gasteiger charge is 2.45. The fourth-order valence-corrected chi connectivity index (χ4v) is 4.98. The molecule has 1 fully saturated rings. The standard InChI is InChI=1S/C27H35FN2/c1-21(2)30(19-17-23-10-5-4-6-11-23)22(3)16-18-27(20-29,24-12-9-13-24)25-14-7-8-15-26(25)28/h4-8,10-11,14-15,21-22,24H,9,12-13,16-19H2,1-3H3. The van der Waals surface area contributed by atoms with E-state index in [4.69, 9.17) is 0 Å². The van der Waals surface area contributed by atoms with Gasteiger partial charge in [-0.05, 0) is 70.4 Å². The van der Waals surface area contributed by atoms with E-state index >= 15 is 0 Å². The van der Waals surface area contributed by atoms with Crippen molar-refractivity contribution in [3.63, 3.8) is 0 Å². The third-order valence-corrected chi connectivity index (χ3v) is 7.04. The van der Waals surface area contributed by atoms with E-state index in [0.29, 0.717) is 24.1 Å². The Morgan fingerprint density at radius 3 is 2.30 bits per heavy atom. The van der Waals surface area contributed by atoms with Crippen LogP contribution in [0.2, 0.25) is 0 Å². The van der Waals surface area contributed by atoms with Crippen molar-refractivity contribution in [1.29, 1.82) is 5.26 Å². The van der Waals surface area contributed by atoms with Crippen LogP contribution < -0.4 is 0 Å². The van der Waals surface area contributed by atoms with Crippen molar-refractivity contribution in [2.24, 2.45) is 5.92 Å². The maximum atomic E-state index is 14.8. The molecule has 1 aliphatic rings. The van der Waals surface area contributed by atoms with Crippen LogP contribution in [0, 0.1) is 23.1 Å². The summed E-state index contributed by atoms with van der Waals surface area (Å²) in [6.45, 7) is 7.73. The van der Waals surface area contributed by atoms with Gasteiger partial charge in [-0.15, -0.1) is 0 Å². The summed E-state index contributed by atoms with van der Waals surface area (Å²) >= 11 is 0. The second-order valence-corrected chi connectivity index (χ2v) is 9.15. The quantitative estimate of drug-likeness (QED) is 0.450. The van der Waals surface area contributed by atoms with E-state index < -0.39 is 5.41 Å². The summed E-state index contributed by atoms with van der Waals surface area (Å²) in [5, 5.41) is 10.3. The molecule has 3 rings (SSSR count). The molecule has 0 bridgehead atoms. The van der Waals surface area contributed by atoms with Crippen molar-refractivity contribution in [1.82, 2.24) is 4.90 Å². The van der Waals surface area contributed by atoms with Gasteiger partial charge in [-0.25, -0.2) is 4.39 Å². The molecule has 0 spiro atoms. The molecule has 2 nitrogen and oxygen atoms in total. The Balaban J connectivity index is 1.73. The highest BCUT2D eigenvalue weighted by molar-refractivity contribution is 5.35. The second-order valence-electron chi connectivity index (χ2n) is 9.15. The monoisotopic (exact) mass is 406 g/mol. The highest BCUT2D eigenvalue weighted by atomic mass is 19.1. The van der Waals surface area contributed by atoms with E-state index in [-0.39, 0.29) is 11.7 Å². The summed E-state index contributed by atoms with van der Waals surface area (Å²) in [6.07, 6.45) is 5.82. The molecule has 3 heteroatoms. The van der Waals surface area contributed by atoms with Crippen molar-refractivity contribution < 1.29 is 4.39 Å². The van der Waals surface area contributed by atoms with Crippen molar-refractivity contribution >= 4 is 0 Å². The molecule has 0 amide bonds. The first-order valence-corrected chi connectivity index (χ1v) is 11.4. The van der Waals surface area contributed by atoms with Crippen LogP contribution in [-0.2, 0) is 11.8 Å². The minimum Gasteiger partial charge on any atom is -0.298 e. The second kappa shape index (κ2) is 10.2. The molecule has 0 aromatic heterocycles. The number of hydrogen-bond acceptors (Lipinski definition) is 2. The maximum absolute atomic E-state index is 14.8. The molecule has 2 aromatic carbocycles. The van der Waals surface area contributed by atoms with E-state index in [1.165, 1.54) is 11.6 Å². The SMILES string of the molecule is CC(C)N(CCc1ccccc1)C(C)CCC(C#N)(c1ccccc1F)C1CCC1. The number of halogens is 1. The van der Waals surface area contributed by atoms with Gasteiger partial charge in [0.1, 0.15) is 5.82 Å². The smallest absolute Gasteiger partial charge is 0.128 e. The van der Waals surface area contributed by atoms with E-state index in [1.54, 1.807) is 6.07 Å². The Kier molecular flexibility index (Phi) is 7.67. The van der Waals surface area contributed by atoms with Gasteiger partial charge < -0.3 is 0 Å². The minimum absolute atomic E-state index is 0.233. The lowest BCUT2D eigenvalue weighted by Crippen LogP contribution is -2.43. The first-order valence-electron chi connectivity index (χ1n) is 11.4. The van der Waals surface area contributed by atoms with Gasteiger partial charge in [-0.1, -0.05) is 55.0 Å². The Morgan fingerprint density at radius 1 is 1.07 bits per heavy atom. The van der Waals surface area contributed by atoms with Gasteiger partial charge in [0.05, 0.1) is 11.5 Å². The van der Waals surface area contributed by atoms with E-state index in [9.17, 15) is 9.65 Å². The Bertz CT molecular complexity index is 837. The lowest BCUT2D eigenvalue weighted by atomic mass is 9.60. The molecule has 0 heterocycles. The third-order valence-electron chi connectivity index (χ3n) is 7.04. The molecule has 0 N–H and O–H groups in total. The third kappa shape index (κ3) is 4.93. The van der Waals surface area contributed by atoms with E-state index in [1.807, 2.05) is 12.1 Å². The van der Waals surface area contributed by atoms with Gasteiger partial charge in [-0.2, -0.15) is 5.26 Å². The van der Waals surface area contributed by atoms with Gasteiger partial charge in [0.25, 0.3) is 0 Å². The van der Waals surface area contributed by atoms with Gasteiger partial charge in [0.2, 0.25) is 0 Å². The molecule has 1 saturated carbocycles. The van der Waals surface area contributed by atoms with Crippen LogP contribution in [0.25, 0.3) is 0 Å². The molecule has 2 aromatic rings. The number of nitriles is 1. The lowest BCUT2D eigenvalue weighted by Gasteiger charge is -2.42. The van der Waals surface area contributed by atoms with Crippen LogP contribution >= 0.6 is 0 Å². The van der Waals surface area contributed by atoms with Crippen LogP contribution in [0.3, 0.4) is 0 Å². The summed E-state index contributed by atoms with van der Waals surface area (Å²) < 4.78 is 14.8. The Labute approximate surface area is 181 Å². The van der Waals surface area contributed by atoms with Gasteiger partial charge >= 0.3 is 0 Å². The van der Waals surface area contributed by atoms with E-state index in [0.717, 1.165) is 38.6 Å². The van der Waals surface area contributed by atoms with Gasteiger partial charge in [-0.3, -0.25) is 4.90 Å². The molecule has 0 radical (unpaired) electrons. The summed E-state index contributed by atoms with van der Waals surface area (Å²) in [7, 11) is 0. The molecular formula is C27H35FN2. The average Bonchev–Trinajstić information content (AvgIpc) is 2.71. The fourth-order valence-electron chi connectivity index (χ4n) is 4.98. The molecule has 0 aliphatic heterocycles. The molecule has 1 aliphatic carbocycles. The normalized spacial score (nSPS) is 17.4. The minimum atomic E-state index is -0.708. The van der Waals surface area contributed by atoms with Crippen LogP contribution in [0.15, 0.2) is 54.6 Å². The predicted molar refractivity (Wildman–Crippen MR) is 122 cm³/mol. The summed E-state index contributed by atoms with van der Waals surface area (Å²) in [5.74, 6) is 0.0341. The van der Waals surface area contributed by atoms with Crippen molar-refractivity contribution in [2.45, 2.75) is 76.8 Å². The summed E-state index contributed by atoms with van der Waals surface area (Å²) in [4.78, 5) is 2.53. The number of hydrogen-bond donors (Lipinski definition) is 0. The maximum Gasteiger partial charge on any atom is 0.128 e. The molecule has 2 atom stereocenters. The number of rotatable bonds is 10. The van der Waals surface area contributed by atoms with Crippen LogP contribution in [0.5, 0.6) is 0 Å². The van der Waals surface area contributed by atoms with Crippen molar-refractivity contribution in [3.05, 3.63) is 71.5 Å². The zero-order chi connectivity index (χ0) is 21.6. The first kappa shape index (κ1) is 22.5. The molecule has 0 saturated heterocycles. The summed E-state index contributed by atoms with van der Waals surface area (Å²) in [5.41, 5.74) is 1.24. The average molecular weight is 407 g/mol. The van der Waals surface area contributed by atoms with Crippen molar-refractivity contribution in [3.8, 4) is 6.07 Å². The summed E-state index contributed by atoms with van der Waals surface area (Å²) in [6, 6.07) is 20.9. The highest BCUT2D eigenvalue weighted by Crippen LogP contribution is 2.47. The fraction of sp³-hybridized carbons (Fsp3) is 0.519. The Hall–Kier alpha value is -2.18. The largest absolute Gasteiger partial charge is 0.298 e. The van der Waals surface area contributed by atoms with E-state index in [2.05, 4.69) is 62.1 Å². The topological polar surface area (TPSA) is 27.0 Å². The molecule has 30 heavy (non-hydrogen) atoms. The zero-order valence-corrected chi connectivity index (χ0v) is 18.7. The van der Waals surface area contributed by atoms with Crippen LogP contribution in [-0.4, -0.2) is 23.5 Å². The van der Waals surface area contributed by atoms with Gasteiger partial charge in [0.15, 0.2) is 0 Å². The van der Waals surface area contributed by atoms with Gasteiger partial charge in [0, 0.05) is 24.2 Å². The van der Waals surface area contributed by atoms with Crippen LogP contribution in [0.4, 0.5) is 4.39 Å². The number of benzene rings is 2. The van der Waals surface area contributed by atoms with Crippen molar-refractivity contribution in [2.75, 3.05) is 6.54 Å². The first-order chi connectivity index (χ1) is 14.5. The number of nitrogens with zero attached hydrogens (tertiary/aromatic N) is 2. The predicted octanol–water partition coefficient (Wildman–Crippen LogP) is 6.51. The van der Waals surface area contributed by atoms with Crippen LogP contribution in [0.1, 0.15) is 64.0 Å². The molecule has 160 valence electrons. The Morgan fingerprint density at radius 2 is 1.73 bits per heavy atom. The molecular weight excluding hydrogens is 371 g/mol. The lowest BCUT2D eigenvalue weighted by molar-refractivity contribution is 0.133. The molecule has 2 unspecified atom stereocenters. The zero-order valence-electron chi connectivity index (χ0n) is 18.7.